The summed E-state index contributed by atoms with van der Waals surface area (Å²) in [6.07, 6.45) is 4.69. The Hall–Kier alpha value is -0.630. The van der Waals surface area contributed by atoms with Gasteiger partial charge < -0.3 is 10.1 Å². The second-order valence-corrected chi connectivity index (χ2v) is 2.21. The van der Waals surface area contributed by atoms with Gasteiger partial charge >= 0.3 is 0 Å². The van der Waals surface area contributed by atoms with Gasteiger partial charge in [0.05, 0.1) is 0 Å². The van der Waals surface area contributed by atoms with Gasteiger partial charge in [0.2, 0.25) is 0 Å². The predicted octanol–water partition coefficient (Wildman–Crippen LogP) is 0.495. The summed E-state index contributed by atoms with van der Waals surface area (Å²) in [5.74, 6) is 0. The van der Waals surface area contributed by atoms with Crippen molar-refractivity contribution in [3.8, 4) is 0 Å². The molecule has 0 aliphatic carbocycles. The van der Waals surface area contributed by atoms with E-state index < -0.39 is 0 Å². The van der Waals surface area contributed by atoms with Gasteiger partial charge in [-0.15, -0.1) is 0 Å². The zero-order chi connectivity index (χ0) is 6.53. The maximum atomic E-state index is 9.85. The van der Waals surface area contributed by atoms with Crippen LogP contribution in [-0.2, 0) is 4.79 Å². The SMILES string of the molecule is O=CCCC=C1CNC1. The molecule has 50 valence electrons. The largest absolute Gasteiger partial charge is 0.309 e. The Balaban J connectivity index is 2.07. The molecular formula is C7H11NO. The average molecular weight is 125 g/mol. The van der Waals surface area contributed by atoms with E-state index in [1.807, 2.05) is 0 Å². The summed E-state index contributed by atoms with van der Waals surface area (Å²) in [7, 11) is 0. The average Bonchev–Trinajstić information content (AvgIpc) is 1.76. The molecule has 0 aromatic carbocycles. The highest BCUT2D eigenvalue weighted by Gasteiger charge is 2.04. The molecular weight excluding hydrogens is 114 g/mol. The molecule has 0 aromatic rings. The topological polar surface area (TPSA) is 29.1 Å². The van der Waals surface area contributed by atoms with Gasteiger partial charge in [-0.25, -0.2) is 0 Å². The van der Waals surface area contributed by atoms with Crippen molar-refractivity contribution in [3.63, 3.8) is 0 Å². The van der Waals surface area contributed by atoms with Crippen molar-refractivity contribution in [2.24, 2.45) is 0 Å². The first kappa shape index (κ1) is 6.49. The Morgan fingerprint density at radius 2 is 2.22 bits per heavy atom. The minimum absolute atomic E-state index is 0.670. The summed E-state index contributed by atoms with van der Waals surface area (Å²) < 4.78 is 0. The minimum atomic E-state index is 0.670. The molecule has 0 aromatic heterocycles. The van der Waals surface area contributed by atoms with Crippen LogP contribution < -0.4 is 5.32 Å². The lowest BCUT2D eigenvalue weighted by Gasteiger charge is -2.17. The molecule has 9 heavy (non-hydrogen) atoms. The van der Waals surface area contributed by atoms with Gasteiger partial charge in [0.15, 0.2) is 0 Å². The van der Waals surface area contributed by atoms with Crippen molar-refractivity contribution in [1.29, 1.82) is 0 Å². The van der Waals surface area contributed by atoms with Crippen LogP contribution in [-0.4, -0.2) is 19.4 Å². The second-order valence-electron chi connectivity index (χ2n) is 2.21. The summed E-state index contributed by atoms with van der Waals surface area (Å²) >= 11 is 0. The number of allylic oxidation sites excluding steroid dienone is 1. The smallest absolute Gasteiger partial charge is 0.120 e. The maximum absolute atomic E-state index is 9.85. The van der Waals surface area contributed by atoms with E-state index in [9.17, 15) is 4.79 Å². The molecule has 0 bridgehead atoms. The number of carbonyl (C=O) groups excluding carboxylic acids is 1. The summed E-state index contributed by atoms with van der Waals surface area (Å²) in [5, 5.41) is 3.13. The van der Waals surface area contributed by atoms with E-state index in [2.05, 4.69) is 11.4 Å². The van der Waals surface area contributed by atoms with Crippen molar-refractivity contribution >= 4 is 6.29 Å². The minimum Gasteiger partial charge on any atom is -0.309 e. The van der Waals surface area contributed by atoms with E-state index in [-0.39, 0.29) is 0 Å². The molecule has 2 heteroatoms. The molecule has 0 spiro atoms. The van der Waals surface area contributed by atoms with Crippen molar-refractivity contribution < 1.29 is 4.79 Å². The van der Waals surface area contributed by atoms with Gasteiger partial charge in [-0.1, -0.05) is 6.08 Å². The predicted molar refractivity (Wildman–Crippen MR) is 36.3 cm³/mol. The summed E-state index contributed by atoms with van der Waals surface area (Å²) in [5.41, 5.74) is 1.44. The van der Waals surface area contributed by atoms with Crippen LogP contribution in [0.1, 0.15) is 12.8 Å². The molecule has 1 aliphatic rings. The summed E-state index contributed by atoms with van der Waals surface area (Å²) in [4.78, 5) is 9.85. The first-order valence-electron chi connectivity index (χ1n) is 3.26. The van der Waals surface area contributed by atoms with E-state index in [4.69, 9.17) is 0 Å². The Morgan fingerprint density at radius 3 is 2.67 bits per heavy atom. The van der Waals surface area contributed by atoms with Gasteiger partial charge in [0, 0.05) is 19.5 Å². The van der Waals surface area contributed by atoms with Crippen LogP contribution >= 0.6 is 0 Å². The fourth-order valence-corrected chi connectivity index (χ4v) is 0.769. The summed E-state index contributed by atoms with van der Waals surface area (Å²) in [6, 6.07) is 0. The van der Waals surface area contributed by atoms with Crippen LogP contribution in [0, 0.1) is 0 Å². The zero-order valence-corrected chi connectivity index (χ0v) is 5.39. The zero-order valence-electron chi connectivity index (χ0n) is 5.39. The Labute approximate surface area is 54.9 Å². The molecule has 0 saturated carbocycles. The fraction of sp³-hybridized carbons (Fsp3) is 0.571. The number of aldehydes is 1. The molecule has 0 radical (unpaired) electrons. The molecule has 1 saturated heterocycles. The van der Waals surface area contributed by atoms with E-state index >= 15 is 0 Å². The van der Waals surface area contributed by atoms with Gasteiger partial charge in [-0.05, 0) is 12.0 Å². The molecule has 0 unspecified atom stereocenters. The third-order valence-electron chi connectivity index (χ3n) is 1.42. The molecule has 0 amide bonds. The Morgan fingerprint density at radius 1 is 1.44 bits per heavy atom. The van der Waals surface area contributed by atoms with Crippen LogP contribution in [0.3, 0.4) is 0 Å². The lowest BCUT2D eigenvalue weighted by molar-refractivity contribution is -0.107. The first-order valence-corrected chi connectivity index (χ1v) is 3.26. The molecule has 1 N–H and O–H groups in total. The van der Waals surface area contributed by atoms with Crippen LogP contribution in [0.2, 0.25) is 0 Å². The lowest BCUT2D eigenvalue weighted by atomic mass is 10.1. The molecule has 1 heterocycles. The molecule has 0 atom stereocenters. The lowest BCUT2D eigenvalue weighted by Crippen LogP contribution is -2.33. The van der Waals surface area contributed by atoms with E-state index in [0.29, 0.717) is 6.42 Å². The molecule has 2 nitrogen and oxygen atoms in total. The number of unbranched alkanes of at least 4 members (excludes halogenated alkanes) is 1. The fourth-order valence-electron chi connectivity index (χ4n) is 0.769. The van der Waals surface area contributed by atoms with Crippen molar-refractivity contribution in [2.75, 3.05) is 13.1 Å². The molecule has 1 fully saturated rings. The number of hydrogen-bond acceptors (Lipinski definition) is 2. The normalized spacial score (nSPS) is 16.7. The highest BCUT2D eigenvalue weighted by atomic mass is 16.1. The first-order chi connectivity index (χ1) is 4.43. The van der Waals surface area contributed by atoms with E-state index in [1.54, 1.807) is 0 Å². The van der Waals surface area contributed by atoms with Gasteiger partial charge in [-0.3, -0.25) is 0 Å². The monoisotopic (exact) mass is 125 g/mol. The number of hydrogen-bond donors (Lipinski definition) is 1. The van der Waals surface area contributed by atoms with Crippen LogP contribution in [0.4, 0.5) is 0 Å². The maximum Gasteiger partial charge on any atom is 0.120 e. The van der Waals surface area contributed by atoms with Gasteiger partial charge in [0.25, 0.3) is 0 Å². The van der Waals surface area contributed by atoms with Gasteiger partial charge in [-0.2, -0.15) is 0 Å². The van der Waals surface area contributed by atoms with Crippen LogP contribution in [0.15, 0.2) is 11.6 Å². The van der Waals surface area contributed by atoms with E-state index in [0.717, 1.165) is 25.8 Å². The molecule has 1 rings (SSSR count). The highest BCUT2D eigenvalue weighted by molar-refractivity contribution is 5.49. The highest BCUT2D eigenvalue weighted by Crippen LogP contribution is 2.02. The van der Waals surface area contributed by atoms with Crippen molar-refractivity contribution in [1.82, 2.24) is 5.32 Å². The van der Waals surface area contributed by atoms with Crippen molar-refractivity contribution in [2.45, 2.75) is 12.8 Å². The third-order valence-corrected chi connectivity index (χ3v) is 1.42. The van der Waals surface area contributed by atoms with Gasteiger partial charge in [0.1, 0.15) is 6.29 Å². The van der Waals surface area contributed by atoms with Crippen LogP contribution in [0.5, 0.6) is 0 Å². The number of carbonyl (C=O) groups is 1. The molecule has 1 aliphatic heterocycles. The standard InChI is InChI=1S/C7H11NO/c9-4-2-1-3-7-5-8-6-7/h3-4,8H,1-2,5-6H2. The summed E-state index contributed by atoms with van der Waals surface area (Å²) in [6.45, 7) is 2.05. The Kier molecular flexibility index (Phi) is 2.46. The number of rotatable bonds is 3. The number of nitrogens with one attached hydrogen (secondary N) is 1. The Bertz CT molecular complexity index is 123. The second kappa shape index (κ2) is 3.41. The van der Waals surface area contributed by atoms with E-state index in [1.165, 1.54) is 5.57 Å². The quantitative estimate of drug-likeness (QED) is 0.338. The third kappa shape index (κ3) is 1.98. The van der Waals surface area contributed by atoms with Crippen molar-refractivity contribution in [3.05, 3.63) is 11.6 Å². The van der Waals surface area contributed by atoms with Crippen LogP contribution in [0.25, 0.3) is 0 Å².